The summed E-state index contributed by atoms with van der Waals surface area (Å²) in [5.74, 6) is 0. The van der Waals surface area contributed by atoms with Crippen molar-refractivity contribution in [2.75, 3.05) is 0 Å². The smallest absolute Gasteiger partial charge is 0.0991 e. The van der Waals surface area contributed by atoms with Crippen LogP contribution in [-0.2, 0) is 5.41 Å². The third-order valence-corrected chi connectivity index (χ3v) is 9.91. The van der Waals surface area contributed by atoms with Crippen molar-refractivity contribution < 1.29 is 0 Å². The maximum absolute atomic E-state index is 9.55. The van der Waals surface area contributed by atoms with Crippen LogP contribution in [0.4, 0.5) is 0 Å². The largest absolute Gasteiger partial charge is 0.245 e. The summed E-state index contributed by atoms with van der Waals surface area (Å²) in [7, 11) is 0. The van der Waals surface area contributed by atoms with Crippen LogP contribution in [0.25, 0.3) is 77.3 Å². The lowest BCUT2D eigenvalue weighted by atomic mass is 9.81. The molecule has 0 N–H and O–H groups in total. The molecule has 0 bridgehead atoms. The van der Waals surface area contributed by atoms with Crippen LogP contribution in [0.5, 0.6) is 0 Å². The highest BCUT2D eigenvalue weighted by Crippen LogP contribution is 2.50. The number of hydrogen-bond acceptors (Lipinski definition) is 3. The molecule has 47 heavy (non-hydrogen) atoms. The quantitative estimate of drug-likeness (QED) is 0.190. The Morgan fingerprint density at radius 1 is 0.489 bits per heavy atom. The van der Waals surface area contributed by atoms with Crippen molar-refractivity contribution in [2.24, 2.45) is 0 Å². The van der Waals surface area contributed by atoms with Crippen LogP contribution in [0.1, 0.15) is 30.5 Å². The number of nitrogens with zero attached hydrogens (tertiary/aromatic N) is 3. The van der Waals surface area contributed by atoms with E-state index in [2.05, 4.69) is 135 Å². The van der Waals surface area contributed by atoms with Gasteiger partial charge in [-0.25, -0.2) is 9.97 Å². The normalized spacial score (nSPS) is 13.0. The molecule has 0 amide bonds. The molecule has 0 aliphatic heterocycles. The predicted molar refractivity (Wildman–Crippen MR) is 193 cm³/mol. The molecule has 0 saturated heterocycles. The van der Waals surface area contributed by atoms with Gasteiger partial charge in [0.2, 0.25) is 0 Å². The number of nitriles is 1. The minimum atomic E-state index is -0.199. The topological polar surface area (TPSA) is 49.6 Å². The van der Waals surface area contributed by atoms with Gasteiger partial charge < -0.3 is 0 Å². The molecule has 0 unspecified atom stereocenters. The molecule has 2 aromatic heterocycles. The van der Waals surface area contributed by atoms with E-state index in [1.54, 1.807) is 0 Å². The number of aromatic nitrogens is 2. The molecule has 2 heterocycles. The second-order valence-corrected chi connectivity index (χ2v) is 12.9. The van der Waals surface area contributed by atoms with Crippen molar-refractivity contribution in [1.82, 2.24) is 9.97 Å². The van der Waals surface area contributed by atoms with Crippen LogP contribution in [0.3, 0.4) is 0 Å². The Bertz CT molecular complexity index is 2610. The molecule has 3 nitrogen and oxygen atoms in total. The maximum atomic E-state index is 9.55. The lowest BCUT2D eigenvalue weighted by molar-refractivity contribution is 0.660. The zero-order chi connectivity index (χ0) is 31.7. The van der Waals surface area contributed by atoms with E-state index >= 15 is 0 Å². The highest BCUT2D eigenvalue weighted by Gasteiger charge is 2.36. The zero-order valence-electron chi connectivity index (χ0n) is 26.1. The fourth-order valence-corrected chi connectivity index (χ4v) is 7.44. The van der Waals surface area contributed by atoms with E-state index in [-0.39, 0.29) is 5.41 Å². The van der Waals surface area contributed by atoms with E-state index in [1.807, 2.05) is 24.3 Å². The molecule has 0 spiro atoms. The lowest BCUT2D eigenvalue weighted by Crippen LogP contribution is -2.15. The van der Waals surface area contributed by atoms with Gasteiger partial charge >= 0.3 is 0 Å². The first-order valence-corrected chi connectivity index (χ1v) is 16.0. The molecule has 0 fully saturated rings. The Morgan fingerprint density at radius 3 is 1.77 bits per heavy atom. The molecule has 220 valence electrons. The van der Waals surface area contributed by atoms with Gasteiger partial charge in [-0.3, -0.25) is 0 Å². The van der Waals surface area contributed by atoms with E-state index in [4.69, 9.17) is 9.97 Å². The van der Waals surface area contributed by atoms with E-state index in [1.165, 1.54) is 38.8 Å². The molecule has 0 radical (unpaired) electrons. The Morgan fingerprint density at radius 2 is 1.04 bits per heavy atom. The Hall–Kier alpha value is -6.11. The van der Waals surface area contributed by atoms with E-state index in [0.717, 1.165) is 49.7 Å². The van der Waals surface area contributed by atoms with E-state index < -0.39 is 0 Å². The summed E-state index contributed by atoms with van der Waals surface area (Å²) in [5, 5.41) is 14.1. The van der Waals surface area contributed by atoms with Crippen LogP contribution in [0, 0.1) is 11.3 Å². The molecule has 1 aliphatic carbocycles. The summed E-state index contributed by atoms with van der Waals surface area (Å²) in [6.07, 6.45) is 0. The second-order valence-electron chi connectivity index (χ2n) is 12.9. The monoisotopic (exact) mass is 599 g/mol. The molecule has 6 aromatic carbocycles. The molecule has 9 rings (SSSR count). The number of fused-ring (bicyclic) bond motifs is 7. The highest BCUT2D eigenvalue weighted by atomic mass is 14.8. The molecular formula is C44H29N3. The minimum Gasteiger partial charge on any atom is -0.245 e. The SMILES string of the molecule is CC1(C)c2cc(C#N)ccc2-c2ccc(-c3ccc(-c4ccc5ccc6ccc(-c7ccccc7)nc6c5n4)c4ccccc34)cc21. The van der Waals surface area contributed by atoms with Gasteiger partial charge in [0.15, 0.2) is 0 Å². The summed E-state index contributed by atoms with van der Waals surface area (Å²) in [4.78, 5) is 10.4. The average molecular weight is 600 g/mol. The van der Waals surface area contributed by atoms with Crippen LogP contribution in [-0.4, -0.2) is 9.97 Å². The average Bonchev–Trinajstić information content (AvgIpc) is 3.35. The standard InChI is InChI=1S/C44H29N3/c1-44(2)38-24-27(26-45)12-18-35(38)36-19-15-31(25-39(36)44)32-20-21-37(34-11-7-6-10-33(32)34)41-23-17-30-14-13-29-16-22-40(28-8-4-3-5-9-28)46-42(29)43(30)47-41/h3-25H,1-2H3. The fraction of sp³-hybridized carbons (Fsp3) is 0.0682. The summed E-state index contributed by atoms with van der Waals surface area (Å²) >= 11 is 0. The van der Waals surface area contributed by atoms with Crippen LogP contribution in [0.2, 0.25) is 0 Å². The molecule has 0 saturated carbocycles. The van der Waals surface area contributed by atoms with Gasteiger partial charge in [0, 0.05) is 27.3 Å². The van der Waals surface area contributed by atoms with Gasteiger partial charge in [0.05, 0.1) is 34.1 Å². The van der Waals surface area contributed by atoms with Crippen LogP contribution >= 0.6 is 0 Å². The lowest BCUT2D eigenvalue weighted by Gasteiger charge is -2.22. The number of pyridine rings is 2. The van der Waals surface area contributed by atoms with Gasteiger partial charge in [-0.2, -0.15) is 5.26 Å². The van der Waals surface area contributed by atoms with Crippen molar-refractivity contribution in [2.45, 2.75) is 19.3 Å². The fourth-order valence-electron chi connectivity index (χ4n) is 7.44. The molecule has 8 aromatic rings. The van der Waals surface area contributed by atoms with Gasteiger partial charge in [-0.1, -0.05) is 123 Å². The first kappa shape index (κ1) is 27.2. The zero-order valence-corrected chi connectivity index (χ0v) is 26.1. The van der Waals surface area contributed by atoms with Crippen LogP contribution < -0.4 is 0 Å². The van der Waals surface area contributed by atoms with Gasteiger partial charge in [-0.15, -0.1) is 0 Å². The van der Waals surface area contributed by atoms with E-state index in [9.17, 15) is 5.26 Å². The van der Waals surface area contributed by atoms with Gasteiger partial charge in [0.1, 0.15) is 0 Å². The second kappa shape index (κ2) is 10.2. The Labute approximate surface area is 273 Å². The first-order chi connectivity index (χ1) is 23.0. The third-order valence-electron chi connectivity index (χ3n) is 9.91. The van der Waals surface area contributed by atoms with Gasteiger partial charge in [-0.05, 0) is 74.5 Å². The number of hydrogen-bond donors (Lipinski definition) is 0. The molecular weight excluding hydrogens is 571 g/mol. The van der Waals surface area contributed by atoms with Crippen molar-refractivity contribution in [3.63, 3.8) is 0 Å². The summed E-state index contributed by atoms with van der Waals surface area (Å²) in [6.45, 7) is 4.52. The number of benzene rings is 6. The Kier molecular flexibility index (Phi) is 5.91. The summed E-state index contributed by atoms with van der Waals surface area (Å²) < 4.78 is 0. The summed E-state index contributed by atoms with van der Waals surface area (Å²) in [6, 6.07) is 51.4. The highest BCUT2D eigenvalue weighted by molar-refractivity contribution is 6.07. The van der Waals surface area contributed by atoms with Crippen molar-refractivity contribution in [3.05, 3.63) is 156 Å². The molecule has 0 atom stereocenters. The van der Waals surface area contributed by atoms with Crippen LogP contribution in [0.15, 0.2) is 140 Å². The van der Waals surface area contributed by atoms with Crippen molar-refractivity contribution in [1.29, 1.82) is 5.26 Å². The molecule has 1 aliphatic rings. The predicted octanol–water partition coefficient (Wildman–Crippen LogP) is 11.1. The van der Waals surface area contributed by atoms with Gasteiger partial charge in [0.25, 0.3) is 0 Å². The van der Waals surface area contributed by atoms with Crippen molar-refractivity contribution >= 4 is 32.6 Å². The maximum Gasteiger partial charge on any atom is 0.0991 e. The van der Waals surface area contributed by atoms with E-state index in [0.29, 0.717) is 5.56 Å². The number of rotatable bonds is 3. The summed E-state index contributed by atoms with van der Waals surface area (Å²) in [5.41, 5.74) is 13.7. The Balaban J connectivity index is 1.18. The molecule has 3 heteroatoms. The minimum absolute atomic E-state index is 0.199. The van der Waals surface area contributed by atoms with Crippen molar-refractivity contribution in [3.8, 4) is 50.8 Å². The third kappa shape index (κ3) is 4.19. The first-order valence-electron chi connectivity index (χ1n) is 16.0.